The lowest BCUT2D eigenvalue weighted by Gasteiger charge is -2.36. The third kappa shape index (κ3) is 3.28. The van der Waals surface area contributed by atoms with Crippen LogP contribution in [0.15, 0.2) is 23.1 Å². The second-order valence-electron chi connectivity index (χ2n) is 5.48. The first-order chi connectivity index (χ1) is 9.63. The van der Waals surface area contributed by atoms with Crippen LogP contribution in [0.4, 0.5) is 0 Å². The minimum Gasteiger partial charge on any atom is -0.336 e. The summed E-state index contributed by atoms with van der Waals surface area (Å²) in [5.74, 6) is -0.158. The maximum Gasteiger partial charge on any atom is 0.260 e. The predicted molar refractivity (Wildman–Crippen MR) is 78.6 cm³/mol. The molecule has 0 aromatic carbocycles. The average Bonchev–Trinajstić information content (AvgIpc) is 2.46. The lowest BCUT2D eigenvalue weighted by Crippen LogP contribution is -2.45. The van der Waals surface area contributed by atoms with E-state index in [0.717, 1.165) is 32.1 Å². The SMILES string of the molecule is CCCN(C(=O)c1ccc[nH]c1=O)C1CCC(N)CC1. The minimum absolute atomic E-state index is 0.158. The van der Waals surface area contributed by atoms with Crippen LogP contribution >= 0.6 is 0 Å². The normalized spacial score (nSPS) is 22.5. The third-order valence-corrected chi connectivity index (χ3v) is 3.96. The van der Waals surface area contributed by atoms with E-state index in [2.05, 4.69) is 4.98 Å². The van der Waals surface area contributed by atoms with Crippen molar-refractivity contribution in [1.82, 2.24) is 9.88 Å². The molecule has 0 unspecified atom stereocenters. The first-order valence-corrected chi connectivity index (χ1v) is 7.37. The van der Waals surface area contributed by atoms with Crippen molar-refractivity contribution >= 4 is 5.91 Å². The molecule has 5 nitrogen and oxygen atoms in total. The summed E-state index contributed by atoms with van der Waals surface area (Å²) in [6.07, 6.45) is 6.18. The van der Waals surface area contributed by atoms with Crippen molar-refractivity contribution in [2.45, 2.75) is 51.1 Å². The molecule has 0 bridgehead atoms. The molecule has 1 heterocycles. The van der Waals surface area contributed by atoms with E-state index in [9.17, 15) is 9.59 Å². The number of hydrogen-bond acceptors (Lipinski definition) is 3. The molecule has 0 spiro atoms. The fraction of sp³-hybridized carbons (Fsp3) is 0.600. The summed E-state index contributed by atoms with van der Waals surface area (Å²) in [4.78, 5) is 28.8. The molecule has 1 amide bonds. The number of hydrogen-bond donors (Lipinski definition) is 2. The number of pyridine rings is 1. The highest BCUT2D eigenvalue weighted by molar-refractivity contribution is 5.94. The molecule has 1 fully saturated rings. The van der Waals surface area contributed by atoms with Gasteiger partial charge in [-0.25, -0.2) is 0 Å². The molecule has 1 aromatic rings. The van der Waals surface area contributed by atoms with E-state index in [1.54, 1.807) is 18.3 Å². The molecule has 0 radical (unpaired) electrons. The van der Waals surface area contributed by atoms with Gasteiger partial charge in [-0.3, -0.25) is 9.59 Å². The molecule has 20 heavy (non-hydrogen) atoms. The van der Waals surface area contributed by atoms with Crippen molar-refractivity contribution < 1.29 is 4.79 Å². The zero-order chi connectivity index (χ0) is 14.5. The first kappa shape index (κ1) is 14.8. The Morgan fingerprint density at radius 1 is 1.40 bits per heavy atom. The maximum absolute atomic E-state index is 12.6. The Bertz CT molecular complexity index is 504. The van der Waals surface area contributed by atoms with Crippen molar-refractivity contribution in [3.63, 3.8) is 0 Å². The van der Waals surface area contributed by atoms with Crippen LogP contribution in [0.25, 0.3) is 0 Å². The van der Waals surface area contributed by atoms with Gasteiger partial charge in [-0.1, -0.05) is 6.92 Å². The molecule has 0 atom stereocenters. The maximum atomic E-state index is 12.6. The van der Waals surface area contributed by atoms with Crippen LogP contribution in [-0.2, 0) is 0 Å². The quantitative estimate of drug-likeness (QED) is 0.875. The van der Waals surface area contributed by atoms with Gasteiger partial charge in [0.2, 0.25) is 0 Å². The van der Waals surface area contributed by atoms with Crippen molar-refractivity contribution in [3.05, 3.63) is 34.2 Å². The summed E-state index contributed by atoms with van der Waals surface area (Å²) in [6.45, 7) is 2.73. The monoisotopic (exact) mass is 277 g/mol. The zero-order valence-electron chi connectivity index (χ0n) is 12.0. The van der Waals surface area contributed by atoms with Gasteiger partial charge in [0.25, 0.3) is 11.5 Å². The van der Waals surface area contributed by atoms with Gasteiger partial charge in [-0.05, 0) is 44.2 Å². The molecule has 3 N–H and O–H groups in total. The Hall–Kier alpha value is -1.62. The number of amides is 1. The molecule has 1 aromatic heterocycles. The number of rotatable bonds is 4. The Labute approximate surface area is 119 Å². The highest BCUT2D eigenvalue weighted by Crippen LogP contribution is 2.23. The van der Waals surface area contributed by atoms with Crippen LogP contribution in [-0.4, -0.2) is 34.4 Å². The highest BCUT2D eigenvalue weighted by atomic mass is 16.2. The molecular formula is C15H23N3O2. The van der Waals surface area contributed by atoms with E-state index >= 15 is 0 Å². The van der Waals surface area contributed by atoms with Gasteiger partial charge in [0.05, 0.1) is 0 Å². The number of H-pyrrole nitrogens is 1. The summed E-state index contributed by atoms with van der Waals surface area (Å²) in [5, 5.41) is 0. The van der Waals surface area contributed by atoms with Gasteiger partial charge >= 0.3 is 0 Å². The van der Waals surface area contributed by atoms with Crippen LogP contribution in [0, 0.1) is 0 Å². The second kappa shape index (κ2) is 6.70. The molecule has 2 rings (SSSR count). The van der Waals surface area contributed by atoms with Crippen LogP contribution in [0.3, 0.4) is 0 Å². The van der Waals surface area contributed by atoms with Gasteiger partial charge in [0.15, 0.2) is 0 Å². The summed E-state index contributed by atoms with van der Waals surface area (Å²) in [6, 6.07) is 3.75. The van der Waals surface area contributed by atoms with Gasteiger partial charge in [0.1, 0.15) is 5.56 Å². The number of aromatic nitrogens is 1. The fourth-order valence-corrected chi connectivity index (χ4v) is 2.85. The van der Waals surface area contributed by atoms with Crippen LogP contribution < -0.4 is 11.3 Å². The van der Waals surface area contributed by atoms with E-state index in [0.29, 0.717) is 6.54 Å². The van der Waals surface area contributed by atoms with Crippen molar-refractivity contribution in [2.24, 2.45) is 5.73 Å². The molecule has 1 saturated carbocycles. The molecule has 1 aliphatic carbocycles. The predicted octanol–water partition coefficient (Wildman–Crippen LogP) is 1.50. The van der Waals surface area contributed by atoms with Gasteiger partial charge in [0, 0.05) is 24.8 Å². The van der Waals surface area contributed by atoms with Crippen LogP contribution in [0.1, 0.15) is 49.4 Å². The largest absolute Gasteiger partial charge is 0.336 e. The summed E-state index contributed by atoms with van der Waals surface area (Å²) >= 11 is 0. The van der Waals surface area contributed by atoms with Gasteiger partial charge in [-0.15, -0.1) is 0 Å². The fourth-order valence-electron chi connectivity index (χ4n) is 2.85. The molecule has 5 heteroatoms. The van der Waals surface area contributed by atoms with E-state index in [-0.39, 0.29) is 29.1 Å². The molecule has 110 valence electrons. The van der Waals surface area contributed by atoms with Gasteiger partial charge in [-0.2, -0.15) is 0 Å². The smallest absolute Gasteiger partial charge is 0.260 e. The molecule has 0 aliphatic heterocycles. The van der Waals surface area contributed by atoms with Crippen molar-refractivity contribution in [3.8, 4) is 0 Å². The van der Waals surface area contributed by atoms with Crippen molar-refractivity contribution in [2.75, 3.05) is 6.54 Å². The Kier molecular flexibility index (Phi) is 4.95. The van der Waals surface area contributed by atoms with Gasteiger partial charge < -0.3 is 15.6 Å². The van der Waals surface area contributed by atoms with Crippen LogP contribution in [0.5, 0.6) is 0 Å². The lowest BCUT2D eigenvalue weighted by molar-refractivity contribution is 0.0625. The highest BCUT2D eigenvalue weighted by Gasteiger charge is 2.28. The van der Waals surface area contributed by atoms with E-state index in [1.165, 1.54) is 0 Å². The van der Waals surface area contributed by atoms with E-state index in [1.807, 2.05) is 11.8 Å². The molecule has 1 aliphatic rings. The number of aromatic amines is 1. The second-order valence-corrected chi connectivity index (χ2v) is 5.48. The third-order valence-electron chi connectivity index (χ3n) is 3.96. The zero-order valence-corrected chi connectivity index (χ0v) is 12.0. The van der Waals surface area contributed by atoms with Crippen LogP contribution in [0.2, 0.25) is 0 Å². The molecular weight excluding hydrogens is 254 g/mol. The van der Waals surface area contributed by atoms with E-state index < -0.39 is 0 Å². The number of carbonyl (C=O) groups is 1. The summed E-state index contributed by atoms with van der Waals surface area (Å²) in [5.41, 5.74) is 5.84. The lowest BCUT2D eigenvalue weighted by atomic mass is 9.90. The molecule has 0 saturated heterocycles. The summed E-state index contributed by atoms with van der Waals surface area (Å²) in [7, 11) is 0. The Morgan fingerprint density at radius 3 is 2.70 bits per heavy atom. The topological polar surface area (TPSA) is 79.2 Å². The van der Waals surface area contributed by atoms with Crippen molar-refractivity contribution in [1.29, 1.82) is 0 Å². The summed E-state index contributed by atoms with van der Waals surface area (Å²) < 4.78 is 0. The number of carbonyl (C=O) groups excluding carboxylic acids is 1. The Morgan fingerprint density at radius 2 is 2.10 bits per heavy atom. The minimum atomic E-state index is -0.314. The van der Waals surface area contributed by atoms with E-state index in [4.69, 9.17) is 5.73 Å². The number of nitrogens with zero attached hydrogens (tertiary/aromatic N) is 1. The average molecular weight is 277 g/mol. The number of nitrogens with one attached hydrogen (secondary N) is 1. The Balaban J connectivity index is 2.18. The standard InChI is InChI=1S/C15H23N3O2/c1-2-10-18(12-7-5-11(16)6-8-12)15(20)13-4-3-9-17-14(13)19/h3-4,9,11-12H,2,5-8,10,16H2,1H3,(H,17,19). The number of nitrogens with two attached hydrogens (primary N) is 1. The first-order valence-electron chi connectivity index (χ1n) is 7.37.